The first-order chi connectivity index (χ1) is 11.8. The van der Waals surface area contributed by atoms with Crippen molar-refractivity contribution in [2.75, 3.05) is 0 Å². The van der Waals surface area contributed by atoms with E-state index >= 15 is 0 Å². The largest absolute Gasteiger partial charge is 0.254 e. The van der Waals surface area contributed by atoms with Crippen LogP contribution in [0.25, 0.3) is 27.3 Å². The van der Waals surface area contributed by atoms with Crippen molar-refractivity contribution in [3.63, 3.8) is 0 Å². The second-order valence-electron chi connectivity index (χ2n) is 7.16. The molecular weight excluding hydrogens is 294 g/mol. The molecule has 0 N–H and O–H groups in total. The molecule has 1 aliphatic carbocycles. The van der Waals surface area contributed by atoms with Gasteiger partial charge in [0.15, 0.2) is 13.2 Å². The van der Waals surface area contributed by atoms with Gasteiger partial charge >= 0.3 is 0 Å². The molecule has 5 rings (SSSR count). The number of hydrogen-bond acceptors (Lipinski definition) is 1. The van der Waals surface area contributed by atoms with Gasteiger partial charge in [0.2, 0.25) is 0 Å². The maximum absolute atomic E-state index is 4.84. The number of aromatic nitrogens is 3. The lowest BCUT2D eigenvalue weighted by molar-refractivity contribution is -0.735. The van der Waals surface area contributed by atoms with Gasteiger partial charge in [-0.05, 0) is 42.9 Å². The average molecular weight is 316 g/mol. The summed E-state index contributed by atoms with van der Waals surface area (Å²) in [5.41, 5.74) is 6.43. The Hall–Kier alpha value is -2.42. The maximum atomic E-state index is 4.84. The molecule has 1 aliphatic rings. The van der Waals surface area contributed by atoms with Crippen molar-refractivity contribution in [1.29, 1.82) is 0 Å². The molecule has 1 fully saturated rings. The Bertz CT molecular complexity index is 1080. The van der Waals surface area contributed by atoms with E-state index in [0.717, 1.165) is 5.52 Å². The first-order valence-electron chi connectivity index (χ1n) is 8.93. The minimum absolute atomic E-state index is 0.686. The Labute approximate surface area is 141 Å². The topological polar surface area (TPSA) is 21.2 Å². The second-order valence-corrected chi connectivity index (χ2v) is 7.16. The van der Waals surface area contributed by atoms with E-state index in [4.69, 9.17) is 4.98 Å². The minimum Gasteiger partial charge on any atom is -0.254 e. The molecule has 3 nitrogen and oxygen atoms in total. The minimum atomic E-state index is 0.686. The van der Waals surface area contributed by atoms with Crippen LogP contribution in [0.4, 0.5) is 0 Å². The molecule has 0 aliphatic heterocycles. The number of benzene rings is 1. The van der Waals surface area contributed by atoms with Crippen LogP contribution in [0.2, 0.25) is 0 Å². The summed E-state index contributed by atoms with van der Waals surface area (Å²) in [4.78, 5) is 4.84. The Morgan fingerprint density at radius 2 is 1.96 bits per heavy atom. The van der Waals surface area contributed by atoms with Crippen molar-refractivity contribution in [3.05, 3.63) is 53.9 Å². The van der Waals surface area contributed by atoms with Gasteiger partial charge in [-0.3, -0.25) is 4.98 Å². The summed E-state index contributed by atoms with van der Waals surface area (Å²) < 4.78 is 4.46. The number of aryl methyl sites for hydroxylation is 2. The molecule has 0 radical (unpaired) electrons. The molecule has 4 aromatic rings. The molecule has 0 bridgehead atoms. The molecule has 3 aromatic heterocycles. The fourth-order valence-electron chi connectivity index (χ4n) is 4.59. The van der Waals surface area contributed by atoms with E-state index in [1.807, 2.05) is 6.20 Å². The third-order valence-electron chi connectivity index (χ3n) is 5.73. The van der Waals surface area contributed by atoms with Gasteiger partial charge in [-0.25, -0.2) is 0 Å². The lowest BCUT2D eigenvalue weighted by atomic mass is 9.91. The van der Waals surface area contributed by atoms with Gasteiger partial charge in [0.25, 0.3) is 0 Å². The van der Waals surface area contributed by atoms with Gasteiger partial charge in [0, 0.05) is 23.0 Å². The first kappa shape index (κ1) is 14.0. The number of hydrogen-bond donors (Lipinski definition) is 0. The van der Waals surface area contributed by atoms with E-state index in [1.54, 1.807) is 0 Å². The Morgan fingerprint density at radius 1 is 1.12 bits per heavy atom. The predicted octanol–water partition coefficient (Wildman–Crippen LogP) is 4.43. The standard InChI is InChI=1S/C21H22N3/c1-14-10-12-22-20-19-16(15-6-3-4-7-15)8-5-9-17(19)18-11-13-23(2)24(18)21(14)20/h5,8-13,15H,3-4,6-7H2,1-2H3/q+1. The van der Waals surface area contributed by atoms with Crippen LogP contribution >= 0.6 is 0 Å². The van der Waals surface area contributed by atoms with E-state index in [-0.39, 0.29) is 0 Å². The molecule has 0 atom stereocenters. The third kappa shape index (κ3) is 1.78. The Morgan fingerprint density at radius 3 is 2.79 bits per heavy atom. The van der Waals surface area contributed by atoms with Gasteiger partial charge < -0.3 is 0 Å². The van der Waals surface area contributed by atoms with E-state index in [2.05, 4.69) is 59.7 Å². The zero-order valence-electron chi connectivity index (χ0n) is 14.3. The molecule has 0 spiro atoms. The van der Waals surface area contributed by atoms with E-state index in [0.29, 0.717) is 5.92 Å². The Balaban J connectivity index is 2.05. The number of rotatable bonds is 1. The molecule has 3 heterocycles. The normalized spacial score (nSPS) is 15.9. The highest BCUT2D eigenvalue weighted by Crippen LogP contribution is 2.40. The van der Waals surface area contributed by atoms with Crippen LogP contribution in [0.15, 0.2) is 42.7 Å². The fraction of sp³-hybridized carbons (Fsp3) is 0.333. The SMILES string of the molecule is Cc1ccnc2c3c(C4CCCC4)cccc3c3cc[n+](C)n3c12. The number of nitrogens with zero attached hydrogens (tertiary/aromatic N) is 3. The van der Waals surface area contributed by atoms with Gasteiger partial charge in [-0.1, -0.05) is 31.0 Å². The number of fused-ring (bicyclic) bond motifs is 6. The summed E-state index contributed by atoms with van der Waals surface area (Å²) in [7, 11) is 2.10. The van der Waals surface area contributed by atoms with Crippen molar-refractivity contribution in [2.45, 2.75) is 38.5 Å². The summed E-state index contributed by atoms with van der Waals surface area (Å²) >= 11 is 0. The molecule has 120 valence electrons. The quantitative estimate of drug-likeness (QED) is 0.376. The monoisotopic (exact) mass is 316 g/mol. The van der Waals surface area contributed by atoms with E-state index in [1.165, 1.54) is 58.6 Å². The van der Waals surface area contributed by atoms with Crippen LogP contribution in [0.1, 0.15) is 42.7 Å². The van der Waals surface area contributed by atoms with Crippen LogP contribution in [0.3, 0.4) is 0 Å². The van der Waals surface area contributed by atoms with Crippen LogP contribution in [0, 0.1) is 6.92 Å². The fourth-order valence-corrected chi connectivity index (χ4v) is 4.59. The van der Waals surface area contributed by atoms with Gasteiger partial charge in [0.05, 0.1) is 0 Å². The summed E-state index contributed by atoms with van der Waals surface area (Å²) in [6, 6.07) is 11.2. The molecule has 0 saturated heterocycles. The second kappa shape index (κ2) is 5.04. The van der Waals surface area contributed by atoms with Crippen LogP contribution in [0.5, 0.6) is 0 Å². The summed E-state index contributed by atoms with van der Waals surface area (Å²) in [5.74, 6) is 0.686. The van der Waals surface area contributed by atoms with Crippen LogP contribution in [-0.4, -0.2) is 9.50 Å². The molecule has 24 heavy (non-hydrogen) atoms. The molecule has 0 amide bonds. The highest BCUT2D eigenvalue weighted by Gasteiger charge is 2.24. The Kier molecular flexibility index (Phi) is 2.93. The number of pyridine rings is 2. The highest BCUT2D eigenvalue weighted by molar-refractivity contribution is 6.12. The van der Waals surface area contributed by atoms with Gasteiger partial charge in [0.1, 0.15) is 16.6 Å². The summed E-state index contributed by atoms with van der Waals surface area (Å²) in [5, 5.41) is 2.69. The zero-order valence-corrected chi connectivity index (χ0v) is 14.3. The van der Waals surface area contributed by atoms with E-state index in [9.17, 15) is 0 Å². The van der Waals surface area contributed by atoms with Crippen LogP contribution in [-0.2, 0) is 7.05 Å². The smallest absolute Gasteiger partial charge is 0.196 e. The van der Waals surface area contributed by atoms with Crippen molar-refractivity contribution in [1.82, 2.24) is 9.50 Å². The van der Waals surface area contributed by atoms with E-state index < -0.39 is 0 Å². The first-order valence-corrected chi connectivity index (χ1v) is 8.93. The zero-order chi connectivity index (χ0) is 16.3. The van der Waals surface area contributed by atoms with Crippen molar-refractivity contribution in [3.8, 4) is 0 Å². The van der Waals surface area contributed by atoms with Crippen molar-refractivity contribution < 1.29 is 4.68 Å². The lowest BCUT2D eigenvalue weighted by Gasteiger charge is -2.16. The average Bonchev–Trinajstić information content (AvgIpc) is 3.25. The molecule has 0 unspecified atom stereocenters. The summed E-state index contributed by atoms with van der Waals surface area (Å²) in [6.07, 6.45) is 9.43. The summed E-state index contributed by atoms with van der Waals surface area (Å²) in [6.45, 7) is 2.19. The molecule has 3 heteroatoms. The van der Waals surface area contributed by atoms with Gasteiger partial charge in [-0.2, -0.15) is 0 Å². The predicted molar refractivity (Wildman–Crippen MR) is 97.3 cm³/mol. The van der Waals surface area contributed by atoms with Gasteiger partial charge in [-0.15, -0.1) is 9.20 Å². The third-order valence-corrected chi connectivity index (χ3v) is 5.73. The van der Waals surface area contributed by atoms with Crippen molar-refractivity contribution in [2.24, 2.45) is 7.05 Å². The highest BCUT2D eigenvalue weighted by atomic mass is 15.3. The molecule has 1 saturated carbocycles. The van der Waals surface area contributed by atoms with Crippen molar-refractivity contribution >= 4 is 27.3 Å². The molecular formula is C21H22N3+. The molecule has 1 aromatic carbocycles. The van der Waals surface area contributed by atoms with Crippen LogP contribution < -0.4 is 4.68 Å². The lowest BCUT2D eigenvalue weighted by Crippen LogP contribution is -2.34. The maximum Gasteiger partial charge on any atom is 0.196 e.